The summed E-state index contributed by atoms with van der Waals surface area (Å²) in [5, 5.41) is 0. The maximum Gasteiger partial charge on any atom is 0.00934 e. The Hall–Kier alpha value is -0.820. The fourth-order valence-corrected chi connectivity index (χ4v) is 1.83. The Morgan fingerprint density at radius 2 is 1.86 bits per heavy atom. The molecule has 0 unspecified atom stereocenters. The van der Waals surface area contributed by atoms with Gasteiger partial charge in [-0.15, -0.1) is 0 Å². The van der Waals surface area contributed by atoms with Gasteiger partial charge in [-0.05, 0) is 19.5 Å². The lowest BCUT2D eigenvalue weighted by molar-refractivity contribution is 0.189. The van der Waals surface area contributed by atoms with Crippen molar-refractivity contribution in [2.24, 2.45) is 0 Å². The van der Waals surface area contributed by atoms with E-state index in [-0.39, 0.29) is 0 Å². The van der Waals surface area contributed by atoms with Crippen molar-refractivity contribution in [3.63, 3.8) is 0 Å². The highest BCUT2D eigenvalue weighted by Gasteiger charge is 2.24. The molecule has 0 amide bonds. The van der Waals surface area contributed by atoms with Crippen LogP contribution in [-0.2, 0) is 0 Å². The lowest BCUT2D eigenvalue weighted by Gasteiger charge is -2.36. The molecule has 0 aromatic heterocycles. The van der Waals surface area contributed by atoms with Crippen LogP contribution in [0, 0.1) is 6.92 Å². The summed E-state index contributed by atoms with van der Waals surface area (Å²) in [6, 6.07) is 8.86. The van der Waals surface area contributed by atoms with E-state index in [0.29, 0.717) is 0 Å². The highest BCUT2D eigenvalue weighted by Crippen LogP contribution is 2.25. The molecule has 1 aliphatic heterocycles. The number of hydrogen-bond donors (Lipinski definition) is 0. The van der Waals surface area contributed by atoms with Gasteiger partial charge in [0.25, 0.3) is 0 Å². The van der Waals surface area contributed by atoms with Crippen LogP contribution in [-0.4, -0.2) is 25.0 Å². The standard InChI is InChI=1S/C11H15N.C2H6/c1-9-4-3-5-10(6-9)11-7-12(2)8-11;1-2/h3-6,11H,7-8H2,1-2H3;1-2H3. The van der Waals surface area contributed by atoms with Crippen molar-refractivity contribution < 1.29 is 0 Å². The summed E-state index contributed by atoms with van der Waals surface area (Å²) in [7, 11) is 2.17. The molecule has 0 N–H and O–H groups in total. The van der Waals surface area contributed by atoms with E-state index in [1.807, 2.05) is 13.8 Å². The molecule has 1 aromatic carbocycles. The molecule has 0 bridgehead atoms. The monoisotopic (exact) mass is 191 g/mol. The van der Waals surface area contributed by atoms with E-state index in [1.54, 1.807) is 0 Å². The predicted octanol–water partition coefficient (Wildman–Crippen LogP) is 3.05. The van der Waals surface area contributed by atoms with Crippen molar-refractivity contribution in [2.45, 2.75) is 26.7 Å². The molecule has 14 heavy (non-hydrogen) atoms. The van der Waals surface area contributed by atoms with Crippen LogP contribution in [0.1, 0.15) is 30.9 Å². The Morgan fingerprint density at radius 3 is 2.36 bits per heavy atom. The van der Waals surface area contributed by atoms with Crippen molar-refractivity contribution in [2.75, 3.05) is 20.1 Å². The summed E-state index contributed by atoms with van der Waals surface area (Å²) >= 11 is 0. The van der Waals surface area contributed by atoms with Gasteiger partial charge in [-0.3, -0.25) is 0 Å². The van der Waals surface area contributed by atoms with Crippen molar-refractivity contribution in [1.82, 2.24) is 4.90 Å². The first-order chi connectivity index (χ1) is 6.75. The predicted molar refractivity (Wildman–Crippen MR) is 62.8 cm³/mol. The van der Waals surface area contributed by atoms with Gasteiger partial charge in [0, 0.05) is 19.0 Å². The average Bonchev–Trinajstić information content (AvgIpc) is 2.16. The van der Waals surface area contributed by atoms with Crippen LogP contribution in [0.5, 0.6) is 0 Å². The molecule has 0 saturated carbocycles. The van der Waals surface area contributed by atoms with Crippen molar-refractivity contribution in [3.8, 4) is 0 Å². The molecule has 1 aliphatic rings. The molecular weight excluding hydrogens is 170 g/mol. The van der Waals surface area contributed by atoms with E-state index in [2.05, 4.69) is 43.1 Å². The maximum absolute atomic E-state index is 2.35. The summed E-state index contributed by atoms with van der Waals surface area (Å²) in [5.41, 5.74) is 2.88. The van der Waals surface area contributed by atoms with Gasteiger partial charge in [-0.2, -0.15) is 0 Å². The fraction of sp³-hybridized carbons (Fsp3) is 0.538. The lowest BCUT2D eigenvalue weighted by atomic mass is 9.91. The van der Waals surface area contributed by atoms with Crippen LogP contribution in [0.2, 0.25) is 0 Å². The van der Waals surface area contributed by atoms with Crippen LogP contribution in [0.15, 0.2) is 24.3 Å². The molecule has 1 heterocycles. The number of aryl methyl sites for hydroxylation is 1. The van der Waals surface area contributed by atoms with Crippen LogP contribution >= 0.6 is 0 Å². The van der Waals surface area contributed by atoms with Gasteiger partial charge in [0.05, 0.1) is 0 Å². The normalized spacial score (nSPS) is 16.9. The second kappa shape index (κ2) is 5.16. The third kappa shape index (κ3) is 2.58. The fourth-order valence-electron chi connectivity index (χ4n) is 1.83. The third-order valence-electron chi connectivity index (χ3n) is 2.58. The van der Waals surface area contributed by atoms with Crippen molar-refractivity contribution in [1.29, 1.82) is 0 Å². The molecule has 1 heteroatoms. The Bertz CT molecular complexity index is 274. The molecular formula is C13H21N. The molecule has 2 rings (SSSR count). The first-order valence-corrected chi connectivity index (χ1v) is 5.51. The molecule has 1 nitrogen and oxygen atoms in total. The number of likely N-dealkylation sites (tertiary alicyclic amines) is 1. The summed E-state index contributed by atoms with van der Waals surface area (Å²) in [6.07, 6.45) is 0. The molecule has 78 valence electrons. The van der Waals surface area contributed by atoms with Crippen LogP contribution in [0.4, 0.5) is 0 Å². The molecule has 0 radical (unpaired) electrons. The molecule has 0 spiro atoms. The quantitative estimate of drug-likeness (QED) is 0.659. The van der Waals surface area contributed by atoms with Crippen LogP contribution in [0.3, 0.4) is 0 Å². The minimum atomic E-state index is 0.787. The van der Waals surface area contributed by atoms with Gasteiger partial charge in [0.2, 0.25) is 0 Å². The topological polar surface area (TPSA) is 3.24 Å². The molecule has 0 aliphatic carbocycles. The Labute approximate surface area is 87.7 Å². The van der Waals surface area contributed by atoms with Gasteiger partial charge in [0.1, 0.15) is 0 Å². The van der Waals surface area contributed by atoms with Gasteiger partial charge in [-0.25, -0.2) is 0 Å². The number of hydrogen-bond acceptors (Lipinski definition) is 1. The minimum absolute atomic E-state index is 0.787. The summed E-state index contributed by atoms with van der Waals surface area (Å²) in [4.78, 5) is 2.35. The number of rotatable bonds is 1. The second-order valence-electron chi connectivity index (χ2n) is 3.83. The van der Waals surface area contributed by atoms with Gasteiger partial charge in [-0.1, -0.05) is 43.7 Å². The smallest absolute Gasteiger partial charge is 0.00934 e. The average molecular weight is 191 g/mol. The zero-order chi connectivity index (χ0) is 10.6. The third-order valence-corrected chi connectivity index (χ3v) is 2.58. The van der Waals surface area contributed by atoms with Gasteiger partial charge in [0.15, 0.2) is 0 Å². The zero-order valence-corrected chi connectivity index (χ0v) is 9.75. The van der Waals surface area contributed by atoms with Crippen molar-refractivity contribution in [3.05, 3.63) is 35.4 Å². The van der Waals surface area contributed by atoms with E-state index in [0.717, 1.165) is 5.92 Å². The zero-order valence-electron chi connectivity index (χ0n) is 9.75. The molecule has 1 aromatic rings. The first kappa shape index (κ1) is 11.3. The van der Waals surface area contributed by atoms with Crippen LogP contribution < -0.4 is 0 Å². The Balaban J connectivity index is 0.000000461. The first-order valence-electron chi connectivity index (χ1n) is 5.51. The highest BCUT2D eigenvalue weighted by atomic mass is 15.2. The Kier molecular flexibility index (Phi) is 4.15. The van der Waals surface area contributed by atoms with E-state index in [1.165, 1.54) is 24.2 Å². The SMILES string of the molecule is CC.Cc1cccc(C2CN(C)C2)c1. The van der Waals surface area contributed by atoms with E-state index < -0.39 is 0 Å². The lowest BCUT2D eigenvalue weighted by Crippen LogP contribution is -2.41. The van der Waals surface area contributed by atoms with E-state index >= 15 is 0 Å². The second-order valence-corrected chi connectivity index (χ2v) is 3.83. The molecule has 0 atom stereocenters. The minimum Gasteiger partial charge on any atom is -0.305 e. The number of nitrogens with zero attached hydrogens (tertiary/aromatic N) is 1. The largest absolute Gasteiger partial charge is 0.305 e. The summed E-state index contributed by atoms with van der Waals surface area (Å²) in [5.74, 6) is 0.787. The van der Waals surface area contributed by atoms with Crippen molar-refractivity contribution >= 4 is 0 Å². The molecule has 1 saturated heterocycles. The van der Waals surface area contributed by atoms with E-state index in [9.17, 15) is 0 Å². The summed E-state index contributed by atoms with van der Waals surface area (Å²) in [6.45, 7) is 8.61. The summed E-state index contributed by atoms with van der Waals surface area (Å²) < 4.78 is 0. The van der Waals surface area contributed by atoms with Crippen LogP contribution in [0.25, 0.3) is 0 Å². The molecule has 1 fully saturated rings. The van der Waals surface area contributed by atoms with Gasteiger partial charge < -0.3 is 4.90 Å². The maximum atomic E-state index is 2.35. The van der Waals surface area contributed by atoms with Gasteiger partial charge >= 0.3 is 0 Å². The number of benzene rings is 1. The number of likely N-dealkylation sites (N-methyl/N-ethyl adjacent to an activating group) is 1. The van der Waals surface area contributed by atoms with E-state index in [4.69, 9.17) is 0 Å². The highest BCUT2D eigenvalue weighted by molar-refractivity contribution is 5.27. The Morgan fingerprint density at radius 1 is 1.21 bits per heavy atom.